The number of piperidine rings is 1. The van der Waals surface area contributed by atoms with Gasteiger partial charge in [-0.25, -0.2) is 0 Å². The zero-order valence-corrected chi connectivity index (χ0v) is 12.3. The average molecular weight is 298 g/mol. The number of halogens is 1. The fourth-order valence-electron chi connectivity index (χ4n) is 2.75. The summed E-state index contributed by atoms with van der Waals surface area (Å²) >= 11 is 5.97. The Labute approximate surface area is 123 Å². The molecular formula is C14H20ClN3O2. The van der Waals surface area contributed by atoms with Gasteiger partial charge in [0.1, 0.15) is 0 Å². The predicted octanol–water partition coefficient (Wildman–Crippen LogP) is 2.81. The van der Waals surface area contributed by atoms with E-state index < -0.39 is 0 Å². The Balaban J connectivity index is 2.19. The van der Waals surface area contributed by atoms with Gasteiger partial charge in [-0.05, 0) is 44.4 Å². The minimum Gasteiger partial charge on any atom is -0.330 e. The molecule has 6 heteroatoms. The van der Waals surface area contributed by atoms with Gasteiger partial charge in [0.05, 0.1) is 4.92 Å². The van der Waals surface area contributed by atoms with Crippen LogP contribution in [0.2, 0.25) is 5.02 Å². The minimum atomic E-state index is -0.347. The maximum absolute atomic E-state index is 11.1. The minimum absolute atomic E-state index is 0.136. The van der Waals surface area contributed by atoms with E-state index in [1.807, 2.05) is 0 Å². The van der Waals surface area contributed by atoms with Crippen molar-refractivity contribution >= 4 is 17.3 Å². The Morgan fingerprint density at radius 1 is 1.50 bits per heavy atom. The van der Waals surface area contributed by atoms with E-state index in [2.05, 4.69) is 11.8 Å². The van der Waals surface area contributed by atoms with Crippen LogP contribution in [0.1, 0.15) is 25.3 Å². The van der Waals surface area contributed by atoms with Crippen LogP contribution in [-0.2, 0) is 6.54 Å². The molecule has 0 saturated carbocycles. The lowest BCUT2D eigenvalue weighted by Gasteiger charge is -2.37. The largest absolute Gasteiger partial charge is 0.330 e. The third kappa shape index (κ3) is 3.48. The second kappa shape index (κ2) is 6.52. The molecule has 2 atom stereocenters. The molecule has 0 spiro atoms. The number of nitro benzene ring substituents is 1. The van der Waals surface area contributed by atoms with E-state index in [1.165, 1.54) is 6.07 Å². The molecule has 0 radical (unpaired) electrons. The summed E-state index contributed by atoms with van der Waals surface area (Å²) < 4.78 is 0. The van der Waals surface area contributed by atoms with E-state index in [4.69, 9.17) is 17.3 Å². The van der Waals surface area contributed by atoms with Crippen LogP contribution < -0.4 is 5.73 Å². The van der Waals surface area contributed by atoms with Crippen molar-refractivity contribution in [3.63, 3.8) is 0 Å². The molecule has 110 valence electrons. The second-order valence-corrected chi connectivity index (χ2v) is 5.92. The van der Waals surface area contributed by atoms with Crippen molar-refractivity contribution < 1.29 is 4.92 Å². The molecule has 2 rings (SSSR count). The first kappa shape index (κ1) is 15.2. The highest BCUT2D eigenvalue weighted by atomic mass is 35.5. The maximum Gasteiger partial charge on any atom is 0.273 e. The van der Waals surface area contributed by atoms with E-state index >= 15 is 0 Å². The number of nitrogens with zero attached hydrogens (tertiary/aromatic N) is 2. The Kier molecular flexibility index (Phi) is 4.96. The Morgan fingerprint density at radius 2 is 2.25 bits per heavy atom. The van der Waals surface area contributed by atoms with Gasteiger partial charge in [0.25, 0.3) is 5.69 Å². The van der Waals surface area contributed by atoms with Crippen LogP contribution >= 0.6 is 11.6 Å². The number of likely N-dealkylation sites (tertiary alicyclic amines) is 1. The molecule has 0 aliphatic carbocycles. The smallest absolute Gasteiger partial charge is 0.273 e. The van der Waals surface area contributed by atoms with Gasteiger partial charge >= 0.3 is 0 Å². The fourth-order valence-corrected chi connectivity index (χ4v) is 2.95. The molecule has 0 amide bonds. The van der Waals surface area contributed by atoms with E-state index in [9.17, 15) is 10.1 Å². The van der Waals surface area contributed by atoms with Gasteiger partial charge in [-0.3, -0.25) is 15.0 Å². The molecule has 1 aromatic rings. The lowest BCUT2D eigenvalue weighted by molar-refractivity contribution is -0.385. The lowest BCUT2D eigenvalue weighted by Crippen LogP contribution is -2.43. The van der Waals surface area contributed by atoms with Gasteiger partial charge in [0.15, 0.2) is 0 Å². The van der Waals surface area contributed by atoms with E-state index in [0.717, 1.165) is 19.4 Å². The summed E-state index contributed by atoms with van der Waals surface area (Å²) in [5.74, 6) is 0.476. The summed E-state index contributed by atoms with van der Waals surface area (Å²) in [5, 5.41) is 11.6. The molecule has 1 heterocycles. The van der Waals surface area contributed by atoms with E-state index in [-0.39, 0.29) is 10.6 Å². The van der Waals surface area contributed by atoms with Gasteiger partial charge in [0, 0.05) is 35.8 Å². The fraction of sp³-hybridized carbons (Fsp3) is 0.571. The van der Waals surface area contributed by atoms with Crippen molar-refractivity contribution in [2.75, 3.05) is 13.1 Å². The lowest BCUT2D eigenvalue weighted by atomic mass is 9.93. The van der Waals surface area contributed by atoms with Gasteiger partial charge in [-0.1, -0.05) is 11.6 Å². The Morgan fingerprint density at radius 3 is 2.90 bits per heavy atom. The van der Waals surface area contributed by atoms with Crippen molar-refractivity contribution in [3.05, 3.63) is 38.9 Å². The number of hydrogen-bond acceptors (Lipinski definition) is 4. The molecule has 1 saturated heterocycles. The summed E-state index contributed by atoms with van der Waals surface area (Å²) in [6.45, 7) is 4.26. The number of nitro groups is 1. The quantitative estimate of drug-likeness (QED) is 0.685. The van der Waals surface area contributed by atoms with Crippen molar-refractivity contribution in [3.8, 4) is 0 Å². The molecule has 20 heavy (non-hydrogen) atoms. The van der Waals surface area contributed by atoms with E-state index in [1.54, 1.807) is 12.1 Å². The Bertz CT molecular complexity index is 495. The molecule has 1 aliphatic heterocycles. The van der Waals surface area contributed by atoms with Crippen LogP contribution in [0.3, 0.4) is 0 Å². The molecule has 0 bridgehead atoms. The van der Waals surface area contributed by atoms with Crippen molar-refractivity contribution in [1.82, 2.24) is 4.90 Å². The zero-order chi connectivity index (χ0) is 14.7. The van der Waals surface area contributed by atoms with Crippen molar-refractivity contribution in [1.29, 1.82) is 0 Å². The van der Waals surface area contributed by atoms with Crippen LogP contribution in [0.25, 0.3) is 0 Å². The van der Waals surface area contributed by atoms with Gasteiger partial charge in [-0.15, -0.1) is 0 Å². The normalized spacial score (nSPS) is 23.8. The van der Waals surface area contributed by atoms with Crippen LogP contribution in [0.4, 0.5) is 5.69 Å². The molecular weight excluding hydrogens is 278 g/mol. The number of nitrogens with two attached hydrogens (primary N) is 1. The number of benzene rings is 1. The average Bonchev–Trinajstić information content (AvgIpc) is 2.41. The van der Waals surface area contributed by atoms with Crippen LogP contribution in [0, 0.1) is 16.0 Å². The highest BCUT2D eigenvalue weighted by Gasteiger charge is 2.26. The van der Waals surface area contributed by atoms with Crippen LogP contribution in [0.15, 0.2) is 18.2 Å². The molecule has 2 unspecified atom stereocenters. The molecule has 2 N–H and O–H groups in total. The van der Waals surface area contributed by atoms with Crippen LogP contribution in [-0.4, -0.2) is 29.0 Å². The topological polar surface area (TPSA) is 72.4 Å². The highest BCUT2D eigenvalue weighted by molar-refractivity contribution is 6.30. The summed E-state index contributed by atoms with van der Waals surface area (Å²) in [6, 6.07) is 5.15. The monoisotopic (exact) mass is 297 g/mol. The number of rotatable bonds is 4. The summed E-state index contributed by atoms with van der Waals surface area (Å²) in [7, 11) is 0. The van der Waals surface area contributed by atoms with Crippen molar-refractivity contribution in [2.45, 2.75) is 32.4 Å². The zero-order valence-electron chi connectivity index (χ0n) is 11.6. The molecule has 1 aromatic carbocycles. The summed E-state index contributed by atoms with van der Waals surface area (Å²) in [4.78, 5) is 13.0. The highest BCUT2D eigenvalue weighted by Crippen LogP contribution is 2.28. The summed E-state index contributed by atoms with van der Waals surface area (Å²) in [6.07, 6.45) is 2.21. The predicted molar refractivity (Wildman–Crippen MR) is 79.8 cm³/mol. The van der Waals surface area contributed by atoms with E-state index in [0.29, 0.717) is 35.6 Å². The SMILES string of the molecule is CC1CCC(CN)CN1Cc1cc(Cl)ccc1[N+](=O)[O-]. The standard InChI is InChI=1S/C14H20ClN3O2/c1-10-2-3-11(7-16)8-17(10)9-12-6-13(15)4-5-14(12)18(19)20/h4-6,10-11H,2-3,7-9,16H2,1H3. The van der Waals surface area contributed by atoms with Crippen molar-refractivity contribution in [2.24, 2.45) is 11.7 Å². The molecule has 1 fully saturated rings. The van der Waals surface area contributed by atoms with Gasteiger partial charge in [0.2, 0.25) is 0 Å². The van der Waals surface area contributed by atoms with Crippen LogP contribution in [0.5, 0.6) is 0 Å². The van der Waals surface area contributed by atoms with Gasteiger partial charge < -0.3 is 5.73 Å². The molecule has 0 aromatic heterocycles. The third-order valence-corrected chi connectivity index (χ3v) is 4.29. The second-order valence-electron chi connectivity index (χ2n) is 5.49. The Hall–Kier alpha value is -1.17. The first-order valence-electron chi connectivity index (χ1n) is 6.88. The molecule has 1 aliphatic rings. The first-order chi connectivity index (χ1) is 9.51. The maximum atomic E-state index is 11.1. The number of hydrogen-bond donors (Lipinski definition) is 1. The third-order valence-electron chi connectivity index (χ3n) is 4.05. The summed E-state index contributed by atoms with van der Waals surface area (Å²) in [5.41, 5.74) is 6.56. The first-order valence-corrected chi connectivity index (χ1v) is 7.26. The van der Waals surface area contributed by atoms with Gasteiger partial charge in [-0.2, -0.15) is 0 Å². The molecule has 5 nitrogen and oxygen atoms in total.